The van der Waals surface area contributed by atoms with Gasteiger partial charge in [0.15, 0.2) is 0 Å². The Morgan fingerprint density at radius 3 is 2.88 bits per heavy atom. The fraction of sp³-hybridized carbons (Fsp3) is 0.692. The van der Waals surface area contributed by atoms with Gasteiger partial charge in [0.25, 0.3) is 0 Å². The second-order valence-corrected chi connectivity index (χ2v) is 6.11. The highest BCUT2D eigenvalue weighted by molar-refractivity contribution is 7.98. The first-order chi connectivity index (χ1) is 8.34. The highest BCUT2D eigenvalue weighted by atomic mass is 32.2. The standard InChI is InChI=1S/C13H23NOS2/c1-16-9-5-3-2-4-8-14-11-12(15)13-7-6-10-17-13/h6-7,10,12,14-15H,2-5,8-9,11H2,1H3. The van der Waals surface area contributed by atoms with Crippen LogP contribution in [0.15, 0.2) is 17.5 Å². The van der Waals surface area contributed by atoms with Crippen LogP contribution >= 0.6 is 23.1 Å². The number of nitrogens with one attached hydrogen (secondary N) is 1. The van der Waals surface area contributed by atoms with Gasteiger partial charge in [-0.1, -0.05) is 18.9 Å². The fourth-order valence-corrected chi connectivity index (χ4v) is 2.87. The predicted octanol–water partition coefficient (Wildman–Crippen LogP) is 3.29. The summed E-state index contributed by atoms with van der Waals surface area (Å²) < 4.78 is 0. The van der Waals surface area contributed by atoms with E-state index in [1.54, 1.807) is 11.3 Å². The maximum absolute atomic E-state index is 9.83. The van der Waals surface area contributed by atoms with E-state index in [9.17, 15) is 5.11 Å². The number of aliphatic hydroxyl groups is 1. The maximum Gasteiger partial charge on any atom is 0.101 e. The van der Waals surface area contributed by atoms with Gasteiger partial charge in [-0.15, -0.1) is 11.3 Å². The number of aliphatic hydroxyl groups excluding tert-OH is 1. The minimum Gasteiger partial charge on any atom is -0.386 e. The predicted molar refractivity (Wildman–Crippen MR) is 79.0 cm³/mol. The third-order valence-corrected chi connectivity index (χ3v) is 4.33. The SMILES string of the molecule is CSCCCCCCNCC(O)c1cccs1. The third-order valence-electron chi connectivity index (χ3n) is 2.66. The molecule has 0 radical (unpaired) electrons. The topological polar surface area (TPSA) is 32.3 Å². The largest absolute Gasteiger partial charge is 0.386 e. The first kappa shape index (κ1) is 15.0. The van der Waals surface area contributed by atoms with Crippen molar-refractivity contribution in [1.82, 2.24) is 5.32 Å². The Bertz CT molecular complexity index is 264. The average molecular weight is 273 g/mol. The van der Waals surface area contributed by atoms with Crippen LogP contribution in [0, 0.1) is 0 Å². The molecule has 0 saturated heterocycles. The van der Waals surface area contributed by atoms with Crippen LogP contribution in [0.2, 0.25) is 0 Å². The number of rotatable bonds is 10. The van der Waals surface area contributed by atoms with E-state index in [1.807, 2.05) is 29.3 Å². The zero-order valence-electron chi connectivity index (χ0n) is 10.5. The molecule has 0 aromatic carbocycles. The summed E-state index contributed by atoms with van der Waals surface area (Å²) >= 11 is 3.54. The van der Waals surface area contributed by atoms with Crippen molar-refractivity contribution in [3.8, 4) is 0 Å². The van der Waals surface area contributed by atoms with Crippen molar-refractivity contribution < 1.29 is 5.11 Å². The second-order valence-electron chi connectivity index (χ2n) is 4.14. The van der Waals surface area contributed by atoms with Gasteiger partial charge in [0.05, 0.1) is 0 Å². The van der Waals surface area contributed by atoms with E-state index in [4.69, 9.17) is 0 Å². The van der Waals surface area contributed by atoms with Gasteiger partial charge in [-0.05, 0) is 42.8 Å². The van der Waals surface area contributed by atoms with E-state index in [0.717, 1.165) is 11.4 Å². The number of thiophene rings is 1. The van der Waals surface area contributed by atoms with Gasteiger partial charge in [0.1, 0.15) is 6.10 Å². The Hall–Kier alpha value is -0.0300. The molecule has 0 amide bonds. The van der Waals surface area contributed by atoms with E-state index in [-0.39, 0.29) is 6.10 Å². The Balaban J connectivity index is 1.90. The van der Waals surface area contributed by atoms with Crippen LogP contribution in [0.5, 0.6) is 0 Å². The second kappa shape index (κ2) is 9.95. The fourth-order valence-electron chi connectivity index (χ4n) is 1.67. The molecule has 1 heterocycles. The van der Waals surface area contributed by atoms with Gasteiger partial charge in [-0.3, -0.25) is 0 Å². The zero-order chi connectivity index (χ0) is 12.3. The van der Waals surface area contributed by atoms with E-state index in [0.29, 0.717) is 6.54 Å². The van der Waals surface area contributed by atoms with Crippen LogP contribution in [0.25, 0.3) is 0 Å². The Morgan fingerprint density at radius 2 is 2.18 bits per heavy atom. The molecular weight excluding hydrogens is 250 g/mol. The Labute approximate surface area is 113 Å². The molecule has 1 aromatic heterocycles. The number of hydrogen-bond acceptors (Lipinski definition) is 4. The molecule has 1 aromatic rings. The quantitative estimate of drug-likeness (QED) is 0.642. The first-order valence-corrected chi connectivity index (χ1v) is 8.53. The number of unbranched alkanes of at least 4 members (excludes halogenated alkanes) is 3. The molecule has 2 N–H and O–H groups in total. The van der Waals surface area contributed by atoms with E-state index in [1.165, 1.54) is 31.4 Å². The molecule has 17 heavy (non-hydrogen) atoms. The van der Waals surface area contributed by atoms with Gasteiger partial charge in [0.2, 0.25) is 0 Å². The molecule has 1 rings (SSSR count). The van der Waals surface area contributed by atoms with Crippen LogP contribution in [-0.4, -0.2) is 30.2 Å². The lowest BCUT2D eigenvalue weighted by atomic mass is 10.2. The zero-order valence-corrected chi connectivity index (χ0v) is 12.2. The van der Waals surface area contributed by atoms with Gasteiger partial charge in [-0.2, -0.15) is 11.8 Å². The van der Waals surface area contributed by atoms with Gasteiger partial charge in [-0.25, -0.2) is 0 Å². The highest BCUT2D eigenvalue weighted by Gasteiger charge is 2.06. The summed E-state index contributed by atoms with van der Waals surface area (Å²) in [5, 5.41) is 15.1. The van der Waals surface area contributed by atoms with Gasteiger partial charge < -0.3 is 10.4 Å². The molecule has 0 aliphatic heterocycles. The summed E-state index contributed by atoms with van der Waals surface area (Å²) in [6.45, 7) is 1.69. The van der Waals surface area contributed by atoms with Crippen LogP contribution in [-0.2, 0) is 0 Å². The van der Waals surface area contributed by atoms with Crippen molar-refractivity contribution in [3.05, 3.63) is 22.4 Å². The highest BCUT2D eigenvalue weighted by Crippen LogP contribution is 2.17. The van der Waals surface area contributed by atoms with Crippen molar-refractivity contribution >= 4 is 23.1 Å². The molecule has 98 valence electrons. The minimum atomic E-state index is -0.341. The van der Waals surface area contributed by atoms with Crippen molar-refractivity contribution in [2.75, 3.05) is 25.1 Å². The Kier molecular flexibility index (Phi) is 8.79. The lowest BCUT2D eigenvalue weighted by Gasteiger charge is -2.09. The van der Waals surface area contributed by atoms with Crippen molar-refractivity contribution in [1.29, 1.82) is 0 Å². The minimum absolute atomic E-state index is 0.341. The van der Waals surface area contributed by atoms with Crippen LogP contribution in [0.3, 0.4) is 0 Å². The molecule has 0 fully saturated rings. The molecular formula is C13H23NOS2. The number of hydrogen-bond donors (Lipinski definition) is 2. The molecule has 0 aliphatic carbocycles. The molecule has 4 heteroatoms. The number of thioether (sulfide) groups is 1. The molecule has 1 unspecified atom stereocenters. The van der Waals surface area contributed by atoms with Crippen LogP contribution in [0.4, 0.5) is 0 Å². The lowest BCUT2D eigenvalue weighted by molar-refractivity contribution is 0.178. The smallest absolute Gasteiger partial charge is 0.101 e. The van der Waals surface area contributed by atoms with Crippen molar-refractivity contribution in [2.45, 2.75) is 31.8 Å². The van der Waals surface area contributed by atoms with E-state index < -0.39 is 0 Å². The monoisotopic (exact) mass is 273 g/mol. The van der Waals surface area contributed by atoms with Crippen molar-refractivity contribution in [3.63, 3.8) is 0 Å². The molecule has 0 saturated carbocycles. The summed E-state index contributed by atoms with van der Waals surface area (Å²) in [7, 11) is 0. The summed E-state index contributed by atoms with van der Waals surface area (Å²) in [6.07, 6.45) is 6.99. The van der Waals surface area contributed by atoms with Crippen LogP contribution in [0.1, 0.15) is 36.7 Å². The summed E-state index contributed by atoms with van der Waals surface area (Å²) in [5.74, 6) is 1.28. The Morgan fingerprint density at radius 1 is 1.35 bits per heavy atom. The van der Waals surface area contributed by atoms with Gasteiger partial charge >= 0.3 is 0 Å². The normalized spacial score (nSPS) is 12.8. The molecule has 1 atom stereocenters. The summed E-state index contributed by atoms with van der Waals surface area (Å²) in [6, 6.07) is 3.97. The van der Waals surface area contributed by atoms with Crippen molar-refractivity contribution in [2.24, 2.45) is 0 Å². The summed E-state index contributed by atoms with van der Waals surface area (Å²) in [5.41, 5.74) is 0. The summed E-state index contributed by atoms with van der Waals surface area (Å²) in [4.78, 5) is 1.05. The van der Waals surface area contributed by atoms with E-state index in [2.05, 4.69) is 11.6 Å². The molecule has 0 bridgehead atoms. The first-order valence-electron chi connectivity index (χ1n) is 6.25. The molecule has 0 spiro atoms. The average Bonchev–Trinajstić information content (AvgIpc) is 2.86. The molecule has 2 nitrogen and oxygen atoms in total. The lowest BCUT2D eigenvalue weighted by Crippen LogP contribution is -2.22. The van der Waals surface area contributed by atoms with E-state index >= 15 is 0 Å². The maximum atomic E-state index is 9.83. The molecule has 0 aliphatic rings. The van der Waals surface area contributed by atoms with Gasteiger partial charge in [0, 0.05) is 11.4 Å². The van der Waals surface area contributed by atoms with Crippen LogP contribution < -0.4 is 5.32 Å². The third kappa shape index (κ3) is 7.09.